The van der Waals surface area contributed by atoms with Crippen LogP contribution in [0, 0.1) is 10.1 Å². The Morgan fingerprint density at radius 1 is 1.22 bits per heavy atom. The van der Waals surface area contributed by atoms with Gasteiger partial charge in [-0.05, 0) is 39.2 Å². The Kier molecular flexibility index (Phi) is 7.38. The van der Waals surface area contributed by atoms with Crippen LogP contribution >= 0.6 is 11.3 Å². The Hall–Kier alpha value is -2.85. The third-order valence-electron chi connectivity index (χ3n) is 3.66. The predicted octanol–water partition coefficient (Wildman–Crippen LogP) is 2.08. The maximum absolute atomic E-state index is 12.8. The summed E-state index contributed by atoms with van der Waals surface area (Å²) in [4.78, 5) is 42.7. The summed E-state index contributed by atoms with van der Waals surface area (Å²) in [6.07, 6.45) is 2.27. The number of nitrogens with one attached hydrogen (secondary N) is 1. The van der Waals surface area contributed by atoms with Gasteiger partial charge >= 0.3 is 0 Å². The lowest BCUT2D eigenvalue weighted by Gasteiger charge is -2.23. The van der Waals surface area contributed by atoms with E-state index in [2.05, 4.69) is 10.3 Å². The molecule has 1 aromatic heterocycles. The van der Waals surface area contributed by atoms with E-state index < -0.39 is 4.92 Å². The van der Waals surface area contributed by atoms with Crippen LogP contribution in [0.3, 0.4) is 0 Å². The number of hydrogen-bond donors (Lipinski definition) is 1. The molecule has 27 heavy (non-hydrogen) atoms. The standard InChI is InChI=1S/C17H21N5O4S/c1-20(2)9-3-10-21(12-15(23)19-17-18-8-11-27-17)16(24)13-4-6-14(7-5-13)22(25)26/h4-8,11H,3,9-10,12H2,1-2H3,(H,18,19,23). The lowest BCUT2D eigenvalue weighted by Crippen LogP contribution is -2.39. The normalized spacial score (nSPS) is 10.6. The molecule has 0 unspecified atom stereocenters. The number of nitrogens with zero attached hydrogens (tertiary/aromatic N) is 4. The largest absolute Gasteiger partial charge is 0.329 e. The highest BCUT2D eigenvalue weighted by Crippen LogP contribution is 2.15. The van der Waals surface area contributed by atoms with Gasteiger partial charge in [0, 0.05) is 35.8 Å². The summed E-state index contributed by atoms with van der Waals surface area (Å²) in [5.41, 5.74) is 0.208. The van der Waals surface area contributed by atoms with Gasteiger partial charge < -0.3 is 15.1 Å². The van der Waals surface area contributed by atoms with Crippen LogP contribution in [0.15, 0.2) is 35.8 Å². The van der Waals surface area contributed by atoms with Crippen LogP contribution in [-0.4, -0.2) is 65.3 Å². The number of benzene rings is 1. The first kappa shape index (κ1) is 20.5. The van der Waals surface area contributed by atoms with Crippen molar-refractivity contribution in [3.05, 3.63) is 51.5 Å². The molecule has 1 aromatic carbocycles. The summed E-state index contributed by atoms with van der Waals surface area (Å²) in [6, 6.07) is 5.36. The molecule has 0 radical (unpaired) electrons. The summed E-state index contributed by atoms with van der Waals surface area (Å²) in [6.45, 7) is 1.03. The molecule has 0 bridgehead atoms. The van der Waals surface area contributed by atoms with Crippen LogP contribution in [0.1, 0.15) is 16.8 Å². The molecule has 0 fully saturated rings. The molecule has 9 nitrogen and oxygen atoms in total. The average molecular weight is 391 g/mol. The molecule has 1 heterocycles. The summed E-state index contributed by atoms with van der Waals surface area (Å²) < 4.78 is 0. The van der Waals surface area contributed by atoms with E-state index in [0.29, 0.717) is 23.7 Å². The number of carbonyl (C=O) groups is 2. The van der Waals surface area contributed by atoms with Crippen molar-refractivity contribution in [1.29, 1.82) is 0 Å². The minimum absolute atomic E-state index is 0.0905. The number of amides is 2. The highest BCUT2D eigenvalue weighted by molar-refractivity contribution is 7.13. The van der Waals surface area contributed by atoms with Crippen LogP contribution in [0.5, 0.6) is 0 Å². The molecule has 144 valence electrons. The molecule has 2 amide bonds. The summed E-state index contributed by atoms with van der Waals surface area (Å²) >= 11 is 1.29. The number of carbonyl (C=O) groups excluding carboxylic acids is 2. The fourth-order valence-corrected chi connectivity index (χ4v) is 2.90. The zero-order valence-corrected chi connectivity index (χ0v) is 15.9. The molecular formula is C17H21N5O4S. The summed E-state index contributed by atoms with van der Waals surface area (Å²) in [7, 11) is 3.86. The molecule has 0 aliphatic carbocycles. The first-order valence-corrected chi connectivity index (χ1v) is 9.12. The van der Waals surface area contributed by atoms with Crippen molar-refractivity contribution in [1.82, 2.24) is 14.8 Å². The van der Waals surface area contributed by atoms with Crippen molar-refractivity contribution in [2.75, 3.05) is 39.0 Å². The van der Waals surface area contributed by atoms with Gasteiger partial charge in [0.25, 0.3) is 11.6 Å². The van der Waals surface area contributed by atoms with E-state index in [0.717, 1.165) is 6.54 Å². The highest BCUT2D eigenvalue weighted by Gasteiger charge is 2.20. The maximum Gasteiger partial charge on any atom is 0.269 e. The lowest BCUT2D eigenvalue weighted by atomic mass is 10.1. The third-order valence-corrected chi connectivity index (χ3v) is 4.35. The zero-order valence-electron chi connectivity index (χ0n) is 15.1. The molecule has 0 aliphatic rings. The third kappa shape index (κ3) is 6.42. The Balaban J connectivity index is 2.08. The average Bonchev–Trinajstić information content (AvgIpc) is 3.13. The van der Waals surface area contributed by atoms with Crippen molar-refractivity contribution in [2.45, 2.75) is 6.42 Å². The fraction of sp³-hybridized carbons (Fsp3) is 0.353. The van der Waals surface area contributed by atoms with E-state index in [1.54, 1.807) is 11.6 Å². The minimum atomic E-state index is -0.523. The van der Waals surface area contributed by atoms with Crippen molar-refractivity contribution < 1.29 is 14.5 Å². The monoisotopic (exact) mass is 391 g/mol. The van der Waals surface area contributed by atoms with Gasteiger partial charge in [-0.3, -0.25) is 19.7 Å². The van der Waals surface area contributed by atoms with Gasteiger partial charge in [-0.2, -0.15) is 0 Å². The molecular weight excluding hydrogens is 370 g/mol. The molecule has 0 saturated heterocycles. The van der Waals surface area contributed by atoms with Crippen molar-refractivity contribution in [3.8, 4) is 0 Å². The molecule has 0 aliphatic heterocycles. The molecule has 1 N–H and O–H groups in total. The molecule has 0 atom stereocenters. The van der Waals surface area contributed by atoms with Crippen LogP contribution in [0.25, 0.3) is 0 Å². The maximum atomic E-state index is 12.8. The Labute approximate surface area is 160 Å². The topological polar surface area (TPSA) is 109 Å². The van der Waals surface area contributed by atoms with Crippen LogP contribution in [0.4, 0.5) is 10.8 Å². The molecule has 0 saturated carbocycles. The van der Waals surface area contributed by atoms with Gasteiger partial charge in [-0.15, -0.1) is 11.3 Å². The van der Waals surface area contributed by atoms with Gasteiger partial charge in [-0.1, -0.05) is 0 Å². The Bertz CT molecular complexity index is 777. The molecule has 10 heteroatoms. The molecule has 2 rings (SSSR count). The van der Waals surface area contributed by atoms with Gasteiger partial charge in [0.2, 0.25) is 5.91 Å². The first-order valence-electron chi connectivity index (χ1n) is 8.24. The molecule has 2 aromatic rings. The first-order chi connectivity index (χ1) is 12.9. The van der Waals surface area contributed by atoms with E-state index in [1.807, 2.05) is 19.0 Å². The predicted molar refractivity (Wildman–Crippen MR) is 103 cm³/mol. The van der Waals surface area contributed by atoms with Crippen LogP contribution in [0.2, 0.25) is 0 Å². The van der Waals surface area contributed by atoms with E-state index in [1.165, 1.54) is 40.5 Å². The van der Waals surface area contributed by atoms with Gasteiger partial charge in [-0.25, -0.2) is 4.98 Å². The van der Waals surface area contributed by atoms with E-state index >= 15 is 0 Å². The Morgan fingerprint density at radius 3 is 2.48 bits per heavy atom. The second-order valence-electron chi connectivity index (χ2n) is 6.07. The SMILES string of the molecule is CN(C)CCCN(CC(=O)Nc1nccs1)C(=O)c1ccc([N+](=O)[O-])cc1. The van der Waals surface area contributed by atoms with Gasteiger partial charge in [0.1, 0.15) is 6.54 Å². The number of non-ortho nitro benzene ring substituents is 1. The van der Waals surface area contributed by atoms with Crippen molar-refractivity contribution in [2.24, 2.45) is 0 Å². The second kappa shape index (κ2) is 9.74. The highest BCUT2D eigenvalue weighted by atomic mass is 32.1. The summed E-state index contributed by atoms with van der Waals surface area (Å²) in [5, 5.41) is 15.6. The van der Waals surface area contributed by atoms with E-state index in [4.69, 9.17) is 0 Å². The lowest BCUT2D eigenvalue weighted by molar-refractivity contribution is -0.384. The number of rotatable bonds is 9. The van der Waals surface area contributed by atoms with Gasteiger partial charge in [0.15, 0.2) is 5.13 Å². The number of nitro groups is 1. The number of anilines is 1. The number of nitro benzene ring substituents is 1. The minimum Gasteiger partial charge on any atom is -0.329 e. The Morgan fingerprint density at radius 2 is 1.93 bits per heavy atom. The van der Waals surface area contributed by atoms with Crippen molar-refractivity contribution in [3.63, 3.8) is 0 Å². The van der Waals surface area contributed by atoms with Gasteiger partial charge in [0.05, 0.1) is 4.92 Å². The smallest absolute Gasteiger partial charge is 0.269 e. The number of aromatic nitrogens is 1. The fourth-order valence-electron chi connectivity index (χ4n) is 2.36. The van der Waals surface area contributed by atoms with Crippen LogP contribution in [-0.2, 0) is 4.79 Å². The van der Waals surface area contributed by atoms with Crippen molar-refractivity contribution >= 4 is 34.0 Å². The van der Waals surface area contributed by atoms with E-state index in [-0.39, 0.29) is 24.0 Å². The van der Waals surface area contributed by atoms with Crippen LogP contribution < -0.4 is 5.32 Å². The number of thiazole rings is 1. The quantitative estimate of drug-likeness (QED) is 0.518. The number of hydrogen-bond acceptors (Lipinski definition) is 7. The zero-order chi connectivity index (χ0) is 19.8. The summed E-state index contributed by atoms with van der Waals surface area (Å²) in [5.74, 6) is -0.692. The molecule has 0 spiro atoms. The second-order valence-corrected chi connectivity index (χ2v) is 6.97. The van der Waals surface area contributed by atoms with E-state index in [9.17, 15) is 19.7 Å².